The number of hydrogen-bond acceptors (Lipinski definition) is 21. The van der Waals surface area contributed by atoms with Gasteiger partial charge >= 0.3 is 0 Å². The topological polar surface area (TPSA) is 322 Å². The lowest BCUT2D eigenvalue weighted by Crippen LogP contribution is -2.49. The highest BCUT2D eigenvalue weighted by Crippen LogP contribution is 2.39. The summed E-state index contributed by atoms with van der Waals surface area (Å²) in [5.74, 6) is -2.31. The van der Waals surface area contributed by atoms with E-state index in [4.69, 9.17) is 4.74 Å². The maximum Gasteiger partial charge on any atom is 0.282 e. The largest absolute Gasteiger partial charge is 0.393 e. The number of likely N-dealkylation sites (N-methyl/N-ethyl adjacent to an activating group) is 1. The van der Waals surface area contributed by atoms with E-state index in [9.17, 15) is 37.9 Å². The number of rotatable bonds is 12. The third-order valence-electron chi connectivity index (χ3n) is 27.8. The molecule has 6 N–H and O–H groups in total. The number of ether oxygens (including phenoxy) is 1. The van der Waals surface area contributed by atoms with Gasteiger partial charge < -0.3 is 39.2 Å². The maximum atomic E-state index is 15.5. The predicted molar refractivity (Wildman–Crippen MR) is 552 cm³/mol. The summed E-state index contributed by atoms with van der Waals surface area (Å²) < 4.78 is 104. The van der Waals surface area contributed by atoms with Gasteiger partial charge in [0.05, 0.1) is 125 Å². The van der Waals surface area contributed by atoms with Crippen molar-refractivity contribution >= 4 is 137 Å². The van der Waals surface area contributed by atoms with E-state index in [-0.39, 0.29) is 95.7 Å². The van der Waals surface area contributed by atoms with Gasteiger partial charge in [-0.15, -0.1) is 0 Å². The van der Waals surface area contributed by atoms with Crippen LogP contribution in [0.2, 0.25) is 0 Å². The molecule has 0 atom stereocenters. The van der Waals surface area contributed by atoms with Crippen molar-refractivity contribution < 1.29 is 36.2 Å². The van der Waals surface area contributed by atoms with Crippen LogP contribution in [0.15, 0.2) is 255 Å². The molecule has 37 heteroatoms. The molecule has 5 aliphatic rings. The fourth-order valence-electron chi connectivity index (χ4n) is 19.8. The van der Waals surface area contributed by atoms with Crippen LogP contribution in [0.5, 0.6) is 0 Å². The zero-order chi connectivity index (χ0) is 99.4. The lowest BCUT2D eigenvalue weighted by molar-refractivity contribution is 0.122. The van der Waals surface area contributed by atoms with Gasteiger partial charge in [-0.25, -0.2) is 54.7 Å². The fraction of sp³-hybridized carbons (Fsp3) is 0.262. The lowest BCUT2D eigenvalue weighted by Gasteiger charge is -2.38. The number of nitrogens with zero attached hydrogens (tertiary/aromatic N) is 19. The summed E-state index contributed by atoms with van der Waals surface area (Å²) in [4.78, 5) is 106. The van der Waals surface area contributed by atoms with Gasteiger partial charge in [0, 0.05) is 181 Å². The minimum atomic E-state index is -0.730. The summed E-state index contributed by atoms with van der Waals surface area (Å²) in [5, 5.41) is 29.7. The van der Waals surface area contributed by atoms with E-state index in [1.54, 1.807) is 65.7 Å². The first kappa shape index (κ1) is 94.2. The second-order valence-electron chi connectivity index (χ2n) is 37.0. The van der Waals surface area contributed by atoms with Gasteiger partial charge in [-0.1, -0.05) is 78.9 Å². The van der Waals surface area contributed by atoms with Crippen LogP contribution in [0.4, 0.5) is 54.8 Å². The summed E-state index contributed by atoms with van der Waals surface area (Å²) in [6.45, 7) is 21.7. The summed E-state index contributed by atoms with van der Waals surface area (Å²) in [5.41, 5.74) is 7.84. The van der Waals surface area contributed by atoms with Gasteiger partial charge in [0.2, 0.25) is 0 Å². The Morgan fingerprint density at radius 1 is 0.319 bits per heavy atom. The summed E-state index contributed by atoms with van der Waals surface area (Å²) in [7, 11) is 2.07. The van der Waals surface area contributed by atoms with Crippen LogP contribution < -0.4 is 52.3 Å². The van der Waals surface area contributed by atoms with Gasteiger partial charge in [-0.05, 0) is 163 Å². The van der Waals surface area contributed by atoms with Gasteiger partial charge in [-0.2, -0.15) is 0 Å². The number of hydrogen-bond donors (Lipinski definition) is 6. The SMILES string of the molecule is CC(C)N1CCN(c2ccc3c(ncc4c(=O)n(-c5ccccc5)[nH]c43)c2F)CC1.CC(C)N1CCN(c2ccc3c(ncc4c(=O)n(-c5ccccn5)[nH]c43)c2F)CC1.CN1CCN(c2ccc3c(ncc4c(=O)n(-c5ccccc5)[nH]c43)c2F)CC1.O=c1c2cnc3c(F)c(N4CCOCC4)c(F)cc3c2[nH]n1-c1ccccc1.O=c1c2cnc3cc(N4CCC(O)CC4)c(F)cc3c2[nH]n1-c1ccccc1. The Morgan fingerprint density at radius 3 is 1.03 bits per heavy atom. The van der Waals surface area contributed by atoms with E-state index >= 15 is 17.6 Å². The Morgan fingerprint density at radius 2 is 0.653 bits per heavy atom. The number of H-pyrrole nitrogens is 5. The van der Waals surface area contributed by atoms with Crippen LogP contribution >= 0.6 is 0 Å². The second kappa shape index (κ2) is 39.8. The molecule has 5 saturated heterocycles. The van der Waals surface area contributed by atoms with Crippen molar-refractivity contribution in [3.05, 3.63) is 318 Å². The highest BCUT2D eigenvalue weighted by Gasteiger charge is 2.32. The molecule has 0 saturated carbocycles. The molecule has 0 amide bonds. The molecule has 0 unspecified atom stereocenters. The number of piperazine rings is 3. The normalized spacial score (nSPS) is 15.4. The molecule has 0 spiro atoms. The number of fused-ring (bicyclic) bond motifs is 15. The van der Waals surface area contributed by atoms with Crippen LogP contribution in [-0.2, 0) is 4.74 Å². The molecule has 144 heavy (non-hydrogen) atoms. The Labute approximate surface area is 817 Å². The number of aliphatic hydroxyl groups excluding tert-OH is 1. The van der Waals surface area contributed by atoms with Gasteiger partial charge in [0.1, 0.15) is 39.4 Å². The minimum absolute atomic E-state index is 0.0249. The number of para-hydroxylation sites is 4. The van der Waals surface area contributed by atoms with E-state index in [0.29, 0.717) is 180 Å². The highest BCUT2D eigenvalue weighted by atomic mass is 19.2. The van der Waals surface area contributed by atoms with E-state index < -0.39 is 11.6 Å². The zero-order valence-corrected chi connectivity index (χ0v) is 79.5. The number of aliphatic hydroxyl groups is 1. The van der Waals surface area contributed by atoms with Crippen molar-refractivity contribution in [2.45, 2.75) is 58.7 Å². The van der Waals surface area contributed by atoms with Crippen molar-refractivity contribution in [3.8, 4) is 28.6 Å². The number of anilines is 5. The lowest BCUT2D eigenvalue weighted by atomic mass is 10.1. The number of aromatic nitrogens is 16. The Hall–Kier alpha value is -16.1. The van der Waals surface area contributed by atoms with Crippen LogP contribution in [0.25, 0.3) is 138 Å². The third kappa shape index (κ3) is 17.8. The van der Waals surface area contributed by atoms with Crippen LogP contribution in [0, 0.1) is 34.9 Å². The van der Waals surface area contributed by atoms with E-state index in [2.05, 4.69) is 120 Å². The number of morpholine rings is 1. The third-order valence-corrected chi connectivity index (χ3v) is 27.8. The molecule has 0 aliphatic carbocycles. The average Bonchev–Trinajstić information content (AvgIpc) is 1.52. The van der Waals surface area contributed by atoms with E-state index in [1.807, 2.05) is 132 Å². The van der Waals surface area contributed by atoms with Crippen LogP contribution in [0.3, 0.4) is 0 Å². The number of piperidine rings is 1. The van der Waals surface area contributed by atoms with Gasteiger partial charge in [-0.3, -0.25) is 84.2 Å². The van der Waals surface area contributed by atoms with Crippen LogP contribution in [-0.4, -0.2) is 242 Å². The molecule has 0 bridgehead atoms. The number of halogens is 6. The van der Waals surface area contributed by atoms with Gasteiger partial charge in [0.25, 0.3) is 27.8 Å². The average molecular weight is 1950 g/mol. The highest BCUT2D eigenvalue weighted by molar-refractivity contribution is 6.08. The summed E-state index contributed by atoms with van der Waals surface area (Å²) in [6.07, 6.45) is 9.80. The molecule has 20 aromatic rings. The molecule has 734 valence electrons. The van der Waals surface area contributed by atoms with E-state index in [0.717, 1.165) is 89.9 Å². The number of benzene rings is 9. The number of pyridine rings is 6. The monoisotopic (exact) mass is 1950 g/mol. The molecule has 25 rings (SSSR count). The molecular formula is C107H102F6N24O7. The Kier molecular flexibility index (Phi) is 26.0. The molecular weight excluding hydrogens is 1850 g/mol. The van der Waals surface area contributed by atoms with Crippen molar-refractivity contribution in [1.82, 2.24) is 93.5 Å². The molecule has 0 radical (unpaired) electrons. The Bertz CT molecular complexity index is 8220. The Balaban J connectivity index is 0.000000106. The van der Waals surface area contributed by atoms with Gasteiger partial charge in [0.15, 0.2) is 29.1 Å². The predicted octanol–water partition coefficient (Wildman–Crippen LogP) is 15.2. The molecule has 9 aromatic carbocycles. The first-order chi connectivity index (χ1) is 70.0. The quantitative estimate of drug-likeness (QED) is 0.0619. The standard InChI is InChI=1S/C23H24FN5O.C22H23FN6O.C21H20FN5O.C21H19FN4O2.C20H16F2N4O2/c1-15(2)27-10-12-28(13-11-27)19-9-8-17-21-18(14-25-22(17)20(19)24)23(30)29(26-21)16-6-4-3-5-7-16;1-14(2)27-9-11-28(12-10-27)17-7-6-15-20-16(13-25-21(15)19(17)23)22(30)29(26-20)18-5-3-4-8-24-18;1-25-9-11-26(12-10-25)17-8-7-15-19-16(13-23-20(15)18(17)22)21(28)27(24-19)14-5-3-2-4-6-14;22-17-10-15-18(11-19(17)25-8-6-14(27)7-9-25)23-12-16-20(15)24-26(21(16)28)13-4-2-1-3-5-13;21-15-10-13-17-14(20(27)26(24-17)12-4-2-1-3-5-12)11-23-18(13)16(22)19(15)25-6-8-28-9-7-25/h3-9,14-15,26H,10-13H2,1-2H3;3-8,13-14,26H,9-12H2,1-2H3;2-8,13,24H,9-12H2,1H3;1-5,10-12,14,24,27H,6-9H2;1-5,10-11,24H,6-9H2. The van der Waals surface area contributed by atoms with Crippen LogP contribution in [0.1, 0.15) is 40.5 Å². The van der Waals surface area contributed by atoms with Crippen molar-refractivity contribution in [3.63, 3.8) is 0 Å². The molecule has 16 heterocycles. The maximum absolute atomic E-state index is 15.5. The van der Waals surface area contributed by atoms with Crippen molar-refractivity contribution in [2.24, 2.45) is 0 Å². The summed E-state index contributed by atoms with van der Waals surface area (Å²) >= 11 is 0. The number of nitrogens with one attached hydrogen (secondary N) is 5. The molecule has 5 fully saturated rings. The second-order valence-corrected chi connectivity index (χ2v) is 37.0. The molecule has 11 aromatic heterocycles. The van der Waals surface area contributed by atoms with Crippen molar-refractivity contribution in [1.29, 1.82) is 0 Å². The van der Waals surface area contributed by atoms with E-state index in [1.165, 1.54) is 66.5 Å². The fourth-order valence-corrected chi connectivity index (χ4v) is 19.8. The number of aromatic amines is 5. The zero-order valence-electron chi connectivity index (χ0n) is 79.5. The first-order valence-electron chi connectivity index (χ1n) is 48.1. The molecule has 31 nitrogen and oxygen atoms in total. The van der Waals surface area contributed by atoms with Crippen molar-refractivity contribution in [2.75, 3.05) is 149 Å². The smallest absolute Gasteiger partial charge is 0.282 e. The minimum Gasteiger partial charge on any atom is -0.393 e. The first-order valence-corrected chi connectivity index (χ1v) is 48.1. The summed E-state index contributed by atoms with van der Waals surface area (Å²) in [6, 6.07) is 58.5. The molecule has 5 aliphatic heterocycles.